The average Bonchev–Trinajstić information content (AvgIpc) is 2.95. The van der Waals surface area contributed by atoms with Gasteiger partial charge in [0.2, 0.25) is 5.89 Å². The molecule has 0 aliphatic heterocycles. The third-order valence-electron chi connectivity index (χ3n) is 3.43. The Labute approximate surface area is 123 Å². The fourth-order valence-corrected chi connectivity index (χ4v) is 2.11. The average molecular weight is 292 g/mol. The van der Waals surface area contributed by atoms with E-state index in [1.165, 1.54) is 12.1 Å². The van der Waals surface area contributed by atoms with Gasteiger partial charge in [-0.3, -0.25) is 0 Å². The van der Waals surface area contributed by atoms with E-state index in [2.05, 4.69) is 28.9 Å². The zero-order valence-corrected chi connectivity index (χ0v) is 12.4. The van der Waals surface area contributed by atoms with Gasteiger partial charge in [-0.15, -0.1) is 0 Å². The largest absolute Gasteiger partial charge is 0.339 e. The van der Waals surface area contributed by atoms with Crippen LogP contribution in [-0.4, -0.2) is 34.7 Å². The molecular formula is C15H21FN4O. The molecule has 0 fully saturated rings. The van der Waals surface area contributed by atoms with Gasteiger partial charge in [-0.25, -0.2) is 4.39 Å². The summed E-state index contributed by atoms with van der Waals surface area (Å²) in [5.41, 5.74) is 7.02. The van der Waals surface area contributed by atoms with E-state index in [9.17, 15) is 4.39 Å². The van der Waals surface area contributed by atoms with E-state index in [0.29, 0.717) is 24.7 Å². The van der Waals surface area contributed by atoms with E-state index in [-0.39, 0.29) is 11.9 Å². The summed E-state index contributed by atoms with van der Waals surface area (Å²) in [5.74, 6) is 0.747. The lowest BCUT2D eigenvalue weighted by Crippen LogP contribution is -2.32. The molecule has 0 aliphatic carbocycles. The number of halogens is 1. The van der Waals surface area contributed by atoms with Crippen LogP contribution in [0.15, 0.2) is 28.8 Å². The highest BCUT2D eigenvalue weighted by atomic mass is 19.1. The molecule has 1 atom stereocenters. The number of aromatic nitrogens is 2. The number of rotatable bonds is 7. The molecule has 2 rings (SSSR count). The third-order valence-corrected chi connectivity index (χ3v) is 3.43. The summed E-state index contributed by atoms with van der Waals surface area (Å²) in [6.07, 6.45) is 0.477. The van der Waals surface area contributed by atoms with Crippen LogP contribution < -0.4 is 5.73 Å². The van der Waals surface area contributed by atoms with Crippen molar-refractivity contribution in [3.8, 4) is 0 Å². The maximum Gasteiger partial charge on any atom is 0.231 e. The molecule has 1 aromatic carbocycles. The molecule has 2 aromatic rings. The summed E-state index contributed by atoms with van der Waals surface area (Å²) < 4.78 is 18.1. The minimum atomic E-state index is -0.268. The lowest BCUT2D eigenvalue weighted by atomic mass is 10.1. The van der Waals surface area contributed by atoms with Crippen molar-refractivity contribution in [3.63, 3.8) is 0 Å². The zero-order chi connectivity index (χ0) is 15.2. The third kappa shape index (κ3) is 4.34. The van der Waals surface area contributed by atoms with Crippen LogP contribution in [0.1, 0.15) is 37.2 Å². The predicted molar refractivity (Wildman–Crippen MR) is 78.2 cm³/mol. The first-order valence-electron chi connectivity index (χ1n) is 7.17. The van der Waals surface area contributed by atoms with Crippen molar-refractivity contribution in [1.82, 2.24) is 15.0 Å². The fourth-order valence-electron chi connectivity index (χ4n) is 2.11. The molecule has 0 radical (unpaired) electrons. The van der Waals surface area contributed by atoms with Gasteiger partial charge in [0.1, 0.15) is 5.82 Å². The van der Waals surface area contributed by atoms with Crippen molar-refractivity contribution in [3.05, 3.63) is 47.4 Å². The second kappa shape index (κ2) is 7.28. The Morgan fingerprint density at radius 1 is 1.24 bits per heavy atom. The van der Waals surface area contributed by atoms with E-state index < -0.39 is 0 Å². The minimum absolute atomic E-state index is 0.258. The van der Waals surface area contributed by atoms with E-state index in [1.807, 2.05) is 0 Å². The lowest BCUT2D eigenvalue weighted by Gasteiger charge is -2.20. The molecule has 1 aromatic heterocycles. The molecule has 0 bridgehead atoms. The molecular weight excluding hydrogens is 271 g/mol. The van der Waals surface area contributed by atoms with Crippen molar-refractivity contribution in [2.24, 2.45) is 5.73 Å². The smallest absolute Gasteiger partial charge is 0.231 e. The highest BCUT2D eigenvalue weighted by Gasteiger charge is 2.16. The standard InChI is InChI=1S/C15H21FN4O/c1-3-20(4-2)10-13(17)15-18-14(21-19-15)9-11-5-7-12(16)8-6-11/h5-8,13H,3-4,9-10,17H2,1-2H3. The Kier molecular flexibility index (Phi) is 5.41. The van der Waals surface area contributed by atoms with Crippen molar-refractivity contribution in [1.29, 1.82) is 0 Å². The molecule has 0 aliphatic rings. The Balaban J connectivity index is 1.98. The number of likely N-dealkylation sites (N-methyl/N-ethyl adjacent to an activating group) is 1. The van der Waals surface area contributed by atoms with Crippen LogP contribution >= 0.6 is 0 Å². The van der Waals surface area contributed by atoms with Crippen molar-refractivity contribution < 1.29 is 8.91 Å². The number of hydrogen-bond acceptors (Lipinski definition) is 5. The Morgan fingerprint density at radius 3 is 2.52 bits per heavy atom. The highest BCUT2D eigenvalue weighted by molar-refractivity contribution is 5.19. The molecule has 2 N–H and O–H groups in total. The van der Waals surface area contributed by atoms with Gasteiger partial charge in [-0.2, -0.15) is 4.98 Å². The molecule has 1 heterocycles. The summed E-state index contributed by atoms with van der Waals surface area (Å²) in [5, 5.41) is 3.94. The molecule has 5 nitrogen and oxygen atoms in total. The van der Waals surface area contributed by atoms with E-state index in [0.717, 1.165) is 18.7 Å². The molecule has 0 amide bonds. The van der Waals surface area contributed by atoms with Gasteiger partial charge in [-0.05, 0) is 30.8 Å². The van der Waals surface area contributed by atoms with Gasteiger partial charge in [-0.1, -0.05) is 31.1 Å². The Bertz CT molecular complexity index is 551. The second-order valence-electron chi connectivity index (χ2n) is 4.94. The van der Waals surface area contributed by atoms with E-state index in [1.54, 1.807) is 12.1 Å². The monoisotopic (exact) mass is 292 g/mol. The Hall–Kier alpha value is -1.79. The van der Waals surface area contributed by atoms with Crippen LogP contribution in [0.5, 0.6) is 0 Å². The van der Waals surface area contributed by atoms with Gasteiger partial charge < -0.3 is 15.2 Å². The highest BCUT2D eigenvalue weighted by Crippen LogP contribution is 2.12. The van der Waals surface area contributed by atoms with E-state index in [4.69, 9.17) is 10.3 Å². The predicted octanol–water partition coefficient (Wildman–Crippen LogP) is 2.14. The first kappa shape index (κ1) is 15.6. The summed E-state index contributed by atoms with van der Waals surface area (Å²) in [4.78, 5) is 6.54. The molecule has 6 heteroatoms. The van der Waals surface area contributed by atoms with Crippen LogP contribution in [0, 0.1) is 5.82 Å². The van der Waals surface area contributed by atoms with E-state index >= 15 is 0 Å². The fraction of sp³-hybridized carbons (Fsp3) is 0.467. The van der Waals surface area contributed by atoms with Gasteiger partial charge in [0.25, 0.3) is 0 Å². The maximum absolute atomic E-state index is 12.9. The lowest BCUT2D eigenvalue weighted by molar-refractivity contribution is 0.277. The van der Waals surface area contributed by atoms with Gasteiger partial charge in [0, 0.05) is 6.54 Å². The van der Waals surface area contributed by atoms with Crippen LogP contribution in [0.2, 0.25) is 0 Å². The summed E-state index contributed by atoms with van der Waals surface area (Å²) in [7, 11) is 0. The van der Waals surface area contributed by atoms with Crippen molar-refractivity contribution >= 4 is 0 Å². The summed E-state index contributed by atoms with van der Waals surface area (Å²) in [6, 6.07) is 5.97. The van der Waals surface area contributed by atoms with Crippen LogP contribution in [0.4, 0.5) is 4.39 Å². The number of hydrogen-bond donors (Lipinski definition) is 1. The van der Waals surface area contributed by atoms with Gasteiger partial charge in [0.05, 0.1) is 12.5 Å². The Morgan fingerprint density at radius 2 is 1.90 bits per heavy atom. The molecule has 1 unspecified atom stereocenters. The number of nitrogens with zero attached hydrogens (tertiary/aromatic N) is 3. The first-order valence-corrected chi connectivity index (χ1v) is 7.17. The molecule has 0 saturated carbocycles. The molecule has 0 spiro atoms. The van der Waals surface area contributed by atoms with Crippen LogP contribution in [-0.2, 0) is 6.42 Å². The summed E-state index contributed by atoms with van der Waals surface area (Å²) >= 11 is 0. The number of nitrogens with two attached hydrogens (primary N) is 1. The first-order chi connectivity index (χ1) is 10.1. The van der Waals surface area contributed by atoms with Crippen LogP contribution in [0.3, 0.4) is 0 Å². The number of benzene rings is 1. The quantitative estimate of drug-likeness (QED) is 0.846. The zero-order valence-electron chi connectivity index (χ0n) is 12.4. The normalized spacial score (nSPS) is 12.8. The van der Waals surface area contributed by atoms with Crippen molar-refractivity contribution in [2.75, 3.05) is 19.6 Å². The van der Waals surface area contributed by atoms with Crippen molar-refractivity contribution in [2.45, 2.75) is 26.3 Å². The molecule has 114 valence electrons. The maximum atomic E-state index is 12.9. The SMILES string of the molecule is CCN(CC)CC(N)c1noc(Cc2ccc(F)cc2)n1. The van der Waals surface area contributed by atoms with Gasteiger partial charge >= 0.3 is 0 Å². The second-order valence-corrected chi connectivity index (χ2v) is 4.94. The minimum Gasteiger partial charge on any atom is -0.339 e. The van der Waals surface area contributed by atoms with Gasteiger partial charge in [0.15, 0.2) is 5.82 Å². The topological polar surface area (TPSA) is 68.2 Å². The molecule has 0 saturated heterocycles. The molecule has 21 heavy (non-hydrogen) atoms. The van der Waals surface area contributed by atoms with Crippen LogP contribution in [0.25, 0.3) is 0 Å². The summed E-state index contributed by atoms with van der Waals surface area (Å²) in [6.45, 7) is 6.75.